The summed E-state index contributed by atoms with van der Waals surface area (Å²) in [6, 6.07) is 9.37. The van der Waals surface area contributed by atoms with E-state index in [1.807, 2.05) is 22.7 Å². The number of aryl methyl sites for hydroxylation is 4. The molecule has 0 fully saturated rings. The molecule has 4 aromatic heterocycles. The lowest BCUT2D eigenvalue weighted by atomic mass is 10.0. The van der Waals surface area contributed by atoms with Crippen molar-refractivity contribution in [3.05, 3.63) is 45.1 Å². The third kappa shape index (κ3) is 6.05. The van der Waals surface area contributed by atoms with Crippen LogP contribution < -0.4 is 9.47 Å². The fourth-order valence-electron chi connectivity index (χ4n) is 5.83. The molecule has 0 atom stereocenters. The van der Waals surface area contributed by atoms with Crippen molar-refractivity contribution in [1.29, 1.82) is 0 Å². The third-order valence-electron chi connectivity index (χ3n) is 8.14. The molecule has 0 amide bonds. The van der Waals surface area contributed by atoms with Gasteiger partial charge >= 0.3 is 0 Å². The Morgan fingerprint density at radius 1 is 0.643 bits per heavy atom. The minimum Gasteiger partial charge on any atom is -0.485 e. The van der Waals surface area contributed by atoms with Crippen LogP contribution in [0.4, 0.5) is 0 Å². The van der Waals surface area contributed by atoms with Crippen molar-refractivity contribution in [2.45, 2.75) is 91.9 Å². The van der Waals surface area contributed by atoms with E-state index in [1.54, 1.807) is 11.3 Å². The molecule has 0 aliphatic carbocycles. The van der Waals surface area contributed by atoms with Gasteiger partial charge in [0, 0.05) is 30.6 Å². The van der Waals surface area contributed by atoms with Gasteiger partial charge in [0.05, 0.1) is 21.5 Å². The van der Waals surface area contributed by atoms with Crippen molar-refractivity contribution in [2.24, 2.45) is 0 Å². The van der Waals surface area contributed by atoms with Gasteiger partial charge in [0.1, 0.15) is 24.2 Å². The topological polar surface area (TPSA) is 44.2 Å². The molecule has 1 aliphatic heterocycles. The Hall–Kier alpha value is -2.26. The van der Waals surface area contributed by atoms with Crippen LogP contribution in [0.2, 0.25) is 0 Å². The van der Waals surface area contributed by atoms with Gasteiger partial charge in [-0.3, -0.25) is 0 Å². The fourth-order valence-corrected chi connectivity index (χ4v) is 9.95. The molecule has 6 rings (SSSR count). The number of fused-ring (bicyclic) bond motifs is 2. The summed E-state index contributed by atoms with van der Waals surface area (Å²) in [6.07, 6.45) is 12.4. The van der Waals surface area contributed by atoms with E-state index in [4.69, 9.17) is 18.2 Å². The summed E-state index contributed by atoms with van der Waals surface area (Å²) in [7, 11) is 0. The number of hydrogen-bond acceptors (Lipinski definition) is 8. The van der Waals surface area contributed by atoms with Crippen molar-refractivity contribution in [2.75, 3.05) is 13.2 Å². The van der Waals surface area contributed by atoms with E-state index < -0.39 is 0 Å². The normalized spacial score (nSPS) is 13.0. The maximum atomic E-state index is 6.19. The van der Waals surface area contributed by atoms with Gasteiger partial charge in [0.2, 0.25) is 0 Å². The highest BCUT2D eigenvalue weighted by molar-refractivity contribution is 7.24. The van der Waals surface area contributed by atoms with E-state index in [9.17, 15) is 0 Å². The van der Waals surface area contributed by atoms with Crippen LogP contribution in [0.3, 0.4) is 0 Å². The lowest BCUT2D eigenvalue weighted by Gasteiger charge is -2.16. The molecule has 0 radical (unpaired) electrons. The molecular formula is C34H40N2O2S4. The number of thiophene rings is 3. The smallest absolute Gasteiger partial charge is 0.181 e. The summed E-state index contributed by atoms with van der Waals surface area (Å²) in [5.41, 5.74) is 7.33. The van der Waals surface area contributed by atoms with Crippen LogP contribution in [0.1, 0.15) is 86.1 Å². The zero-order valence-electron chi connectivity index (χ0n) is 25.1. The molecule has 0 N–H and O–H groups in total. The first-order valence-electron chi connectivity index (χ1n) is 15.5. The predicted molar refractivity (Wildman–Crippen MR) is 184 cm³/mol. The Balaban J connectivity index is 1.36. The SMILES string of the molecule is CCCCCCc1cc(-c2ccc(-c3cc(CCCCCC)c(-c4sc(C)c5c4OCCO5)s3)c3nsnc23)sc1C. The maximum absolute atomic E-state index is 6.19. The molecule has 5 heterocycles. The summed E-state index contributed by atoms with van der Waals surface area (Å²) >= 11 is 6.89. The number of unbranched alkanes of at least 4 members (excludes halogenated alkanes) is 6. The molecular weight excluding hydrogens is 597 g/mol. The van der Waals surface area contributed by atoms with Crippen LogP contribution in [0.5, 0.6) is 11.5 Å². The van der Waals surface area contributed by atoms with E-state index in [2.05, 4.69) is 52.0 Å². The molecule has 1 aromatic carbocycles. The minimum absolute atomic E-state index is 0.607. The highest BCUT2D eigenvalue weighted by Gasteiger charge is 2.27. The Kier molecular flexibility index (Phi) is 9.63. The maximum Gasteiger partial charge on any atom is 0.181 e. The molecule has 222 valence electrons. The molecule has 4 nitrogen and oxygen atoms in total. The Labute approximate surface area is 266 Å². The third-order valence-corrected chi connectivity index (χ3v) is 12.2. The number of benzene rings is 1. The average Bonchev–Trinajstić information content (AvgIpc) is 3.79. The zero-order valence-corrected chi connectivity index (χ0v) is 28.4. The molecule has 8 heteroatoms. The average molecular weight is 637 g/mol. The predicted octanol–water partition coefficient (Wildman–Crippen LogP) is 11.5. The lowest BCUT2D eigenvalue weighted by molar-refractivity contribution is 0.173. The number of nitrogens with zero attached hydrogens (tertiary/aromatic N) is 2. The van der Waals surface area contributed by atoms with E-state index >= 15 is 0 Å². The van der Waals surface area contributed by atoms with E-state index in [-0.39, 0.29) is 0 Å². The van der Waals surface area contributed by atoms with Gasteiger partial charge in [-0.2, -0.15) is 8.75 Å². The second-order valence-corrected chi connectivity index (χ2v) is 15.3. The minimum atomic E-state index is 0.607. The van der Waals surface area contributed by atoms with Crippen molar-refractivity contribution in [3.8, 4) is 42.1 Å². The molecule has 0 saturated heterocycles. The molecule has 42 heavy (non-hydrogen) atoms. The summed E-state index contributed by atoms with van der Waals surface area (Å²) in [6.45, 7) is 10.2. The highest BCUT2D eigenvalue weighted by Crippen LogP contribution is 2.53. The first-order chi connectivity index (χ1) is 20.6. The van der Waals surface area contributed by atoms with Crippen LogP contribution in [0, 0.1) is 13.8 Å². The number of ether oxygens (including phenoxy) is 2. The van der Waals surface area contributed by atoms with Crippen molar-refractivity contribution < 1.29 is 9.47 Å². The van der Waals surface area contributed by atoms with Crippen LogP contribution in [-0.4, -0.2) is 22.0 Å². The Bertz CT molecular complexity index is 1660. The highest BCUT2D eigenvalue weighted by atomic mass is 32.1. The molecule has 1 aliphatic rings. The molecule has 0 saturated carbocycles. The van der Waals surface area contributed by atoms with Crippen molar-refractivity contribution in [1.82, 2.24) is 8.75 Å². The first-order valence-corrected chi connectivity index (χ1v) is 18.6. The fraction of sp³-hybridized carbons (Fsp3) is 0.471. The van der Waals surface area contributed by atoms with Gasteiger partial charge in [0.15, 0.2) is 11.5 Å². The Morgan fingerprint density at radius 3 is 1.90 bits per heavy atom. The van der Waals surface area contributed by atoms with Gasteiger partial charge < -0.3 is 9.47 Å². The van der Waals surface area contributed by atoms with Gasteiger partial charge in [-0.1, -0.05) is 64.5 Å². The Morgan fingerprint density at radius 2 is 1.24 bits per heavy atom. The molecule has 0 unspecified atom stereocenters. The molecule has 5 aromatic rings. The van der Waals surface area contributed by atoms with Crippen molar-refractivity contribution >= 4 is 56.8 Å². The summed E-state index contributed by atoms with van der Waals surface area (Å²) in [5.74, 6) is 1.86. The number of rotatable bonds is 13. The second-order valence-electron chi connectivity index (χ2n) is 11.2. The van der Waals surface area contributed by atoms with Gasteiger partial charge in [-0.25, -0.2) is 0 Å². The van der Waals surface area contributed by atoms with Crippen LogP contribution in [0.25, 0.3) is 41.7 Å². The van der Waals surface area contributed by atoms with Crippen LogP contribution >= 0.6 is 45.7 Å². The summed E-state index contributed by atoms with van der Waals surface area (Å²) in [5, 5.41) is 0. The number of aromatic nitrogens is 2. The van der Waals surface area contributed by atoms with E-state index in [1.165, 1.54) is 121 Å². The van der Waals surface area contributed by atoms with E-state index in [0.717, 1.165) is 29.0 Å². The summed E-state index contributed by atoms with van der Waals surface area (Å²) < 4.78 is 21.9. The standard InChI is InChI=1S/C34H40N2O2S4/c1-5-7-9-11-13-23-19-27(39-21(23)3)25-15-16-26(30-29(25)35-42-36-30)28-20-24(14-12-10-8-6-2)33(41-28)34-32-31(22(4)40-34)37-17-18-38-32/h15-16,19-20H,5-14,17-18H2,1-4H3. The van der Waals surface area contributed by atoms with Gasteiger partial charge in [0.25, 0.3) is 0 Å². The monoisotopic (exact) mass is 636 g/mol. The van der Waals surface area contributed by atoms with Gasteiger partial charge in [-0.15, -0.1) is 34.0 Å². The van der Waals surface area contributed by atoms with Crippen molar-refractivity contribution in [3.63, 3.8) is 0 Å². The first kappa shape index (κ1) is 29.8. The van der Waals surface area contributed by atoms with Crippen LogP contribution in [-0.2, 0) is 12.8 Å². The number of hydrogen-bond donors (Lipinski definition) is 0. The quantitative estimate of drug-likeness (QED) is 0.121. The summed E-state index contributed by atoms with van der Waals surface area (Å²) in [4.78, 5) is 7.73. The van der Waals surface area contributed by atoms with E-state index in [0.29, 0.717) is 13.2 Å². The van der Waals surface area contributed by atoms with Crippen LogP contribution in [0.15, 0.2) is 24.3 Å². The largest absolute Gasteiger partial charge is 0.485 e. The molecule has 0 bridgehead atoms. The molecule has 0 spiro atoms. The lowest BCUT2D eigenvalue weighted by Crippen LogP contribution is -2.14. The van der Waals surface area contributed by atoms with Gasteiger partial charge in [-0.05, 0) is 62.8 Å². The second kappa shape index (κ2) is 13.6. The zero-order chi connectivity index (χ0) is 29.1.